The van der Waals surface area contributed by atoms with E-state index in [4.69, 9.17) is 9.47 Å². The molecular weight excluding hydrogens is 340 g/mol. The monoisotopic (exact) mass is 370 g/mol. The number of methoxy groups -OCH3 is 1. The van der Waals surface area contributed by atoms with Gasteiger partial charge in [-0.2, -0.15) is 0 Å². The van der Waals surface area contributed by atoms with Crippen LogP contribution in [0, 0.1) is 0 Å². The zero-order chi connectivity index (χ0) is 18.9. The summed E-state index contributed by atoms with van der Waals surface area (Å²) in [4.78, 5) is 4.67. The standard InChI is InChI=1S/C22H30N2O3/c1-26-21-10-5-6-11-22(21)27-15-7-12-23-13-14-24(18-20(25)17-23)16-19-8-3-2-4-9-19/h2-6,8-11,20,25H,7,12-18H2,1H3/t20-/m0/s1. The van der Waals surface area contributed by atoms with Crippen molar-refractivity contribution in [2.45, 2.75) is 19.1 Å². The van der Waals surface area contributed by atoms with Crippen LogP contribution in [0.5, 0.6) is 11.5 Å². The summed E-state index contributed by atoms with van der Waals surface area (Å²) in [5.41, 5.74) is 1.29. The Labute approximate surface area is 162 Å². The predicted octanol–water partition coefficient (Wildman–Crippen LogP) is 2.64. The van der Waals surface area contributed by atoms with Gasteiger partial charge in [0.15, 0.2) is 11.5 Å². The molecule has 27 heavy (non-hydrogen) atoms. The van der Waals surface area contributed by atoms with E-state index in [1.54, 1.807) is 7.11 Å². The zero-order valence-corrected chi connectivity index (χ0v) is 16.1. The van der Waals surface area contributed by atoms with Gasteiger partial charge in [-0.25, -0.2) is 0 Å². The number of rotatable bonds is 8. The largest absolute Gasteiger partial charge is 0.493 e. The summed E-state index contributed by atoms with van der Waals surface area (Å²) in [7, 11) is 1.65. The van der Waals surface area contributed by atoms with E-state index in [9.17, 15) is 5.11 Å². The van der Waals surface area contributed by atoms with Crippen LogP contribution < -0.4 is 9.47 Å². The van der Waals surface area contributed by atoms with Crippen molar-refractivity contribution in [1.82, 2.24) is 9.80 Å². The lowest BCUT2D eigenvalue weighted by Crippen LogP contribution is -2.34. The summed E-state index contributed by atoms with van der Waals surface area (Å²) in [6.07, 6.45) is 0.607. The summed E-state index contributed by atoms with van der Waals surface area (Å²) in [5, 5.41) is 10.4. The van der Waals surface area contributed by atoms with Gasteiger partial charge in [-0.1, -0.05) is 42.5 Å². The maximum Gasteiger partial charge on any atom is 0.161 e. The Balaban J connectivity index is 1.42. The molecule has 5 heteroatoms. The van der Waals surface area contributed by atoms with Crippen LogP contribution in [0.15, 0.2) is 54.6 Å². The Kier molecular flexibility index (Phi) is 7.51. The van der Waals surface area contributed by atoms with E-state index in [0.29, 0.717) is 6.61 Å². The summed E-state index contributed by atoms with van der Waals surface area (Å²) in [6, 6.07) is 18.2. The second-order valence-electron chi connectivity index (χ2n) is 7.03. The molecule has 0 aliphatic carbocycles. The topological polar surface area (TPSA) is 45.2 Å². The van der Waals surface area contributed by atoms with Gasteiger partial charge in [-0.05, 0) is 24.1 Å². The molecule has 0 amide bonds. The smallest absolute Gasteiger partial charge is 0.161 e. The molecule has 1 fully saturated rings. The number of hydrogen-bond donors (Lipinski definition) is 1. The molecule has 1 aliphatic rings. The second-order valence-corrected chi connectivity index (χ2v) is 7.03. The van der Waals surface area contributed by atoms with E-state index < -0.39 is 0 Å². The third-order valence-electron chi connectivity index (χ3n) is 4.86. The lowest BCUT2D eigenvalue weighted by molar-refractivity contribution is 0.106. The van der Waals surface area contributed by atoms with E-state index in [-0.39, 0.29) is 6.10 Å². The highest BCUT2D eigenvalue weighted by atomic mass is 16.5. The Morgan fingerprint density at radius 1 is 0.926 bits per heavy atom. The van der Waals surface area contributed by atoms with Gasteiger partial charge in [0.05, 0.1) is 19.8 Å². The van der Waals surface area contributed by atoms with Crippen molar-refractivity contribution in [2.75, 3.05) is 46.4 Å². The fraction of sp³-hybridized carbons (Fsp3) is 0.455. The van der Waals surface area contributed by atoms with Crippen molar-refractivity contribution in [3.05, 3.63) is 60.2 Å². The van der Waals surface area contributed by atoms with Crippen LogP contribution in [-0.4, -0.2) is 67.5 Å². The molecule has 1 heterocycles. The van der Waals surface area contributed by atoms with E-state index >= 15 is 0 Å². The maximum atomic E-state index is 10.4. The predicted molar refractivity (Wildman–Crippen MR) is 107 cm³/mol. The zero-order valence-electron chi connectivity index (χ0n) is 16.1. The summed E-state index contributed by atoms with van der Waals surface area (Å²) >= 11 is 0. The lowest BCUT2D eigenvalue weighted by atomic mass is 10.2. The molecule has 5 nitrogen and oxygen atoms in total. The fourth-order valence-corrected chi connectivity index (χ4v) is 3.52. The minimum atomic E-state index is -0.314. The van der Waals surface area contributed by atoms with Gasteiger partial charge in [-0.15, -0.1) is 0 Å². The normalized spacial score (nSPS) is 18.8. The van der Waals surface area contributed by atoms with Gasteiger partial charge >= 0.3 is 0 Å². The molecular formula is C22H30N2O3. The maximum absolute atomic E-state index is 10.4. The average Bonchev–Trinajstić information content (AvgIpc) is 2.87. The Morgan fingerprint density at radius 2 is 1.59 bits per heavy atom. The highest BCUT2D eigenvalue weighted by Gasteiger charge is 2.21. The number of β-amino-alcohol motifs (C(OH)–C–C–N with tert-alkyl or cyclic N) is 1. The molecule has 0 saturated carbocycles. The fourth-order valence-electron chi connectivity index (χ4n) is 3.52. The Hall–Kier alpha value is -2.08. The number of ether oxygens (including phenoxy) is 2. The van der Waals surface area contributed by atoms with Gasteiger partial charge in [0, 0.05) is 39.3 Å². The molecule has 146 valence electrons. The van der Waals surface area contributed by atoms with Gasteiger partial charge in [-0.3, -0.25) is 9.80 Å². The molecule has 2 aromatic carbocycles. The van der Waals surface area contributed by atoms with Gasteiger partial charge in [0.25, 0.3) is 0 Å². The molecule has 1 N–H and O–H groups in total. The molecule has 0 unspecified atom stereocenters. The van der Waals surface area contributed by atoms with Gasteiger partial charge in [0.1, 0.15) is 0 Å². The van der Waals surface area contributed by atoms with Crippen molar-refractivity contribution >= 4 is 0 Å². The van der Waals surface area contributed by atoms with E-state index in [1.165, 1.54) is 5.56 Å². The number of para-hydroxylation sites is 2. The van der Waals surface area contributed by atoms with Crippen LogP contribution in [0.2, 0.25) is 0 Å². The second kappa shape index (κ2) is 10.3. The first kappa shape index (κ1) is 19.7. The van der Waals surface area contributed by atoms with Crippen LogP contribution in [0.1, 0.15) is 12.0 Å². The summed E-state index contributed by atoms with van der Waals surface area (Å²) < 4.78 is 11.2. The first-order chi connectivity index (χ1) is 13.2. The number of nitrogens with zero attached hydrogens (tertiary/aromatic N) is 2. The minimum absolute atomic E-state index is 0.314. The van der Waals surface area contributed by atoms with Crippen molar-refractivity contribution in [3.8, 4) is 11.5 Å². The first-order valence-corrected chi connectivity index (χ1v) is 9.67. The Morgan fingerprint density at radius 3 is 2.37 bits per heavy atom. The van der Waals surface area contributed by atoms with Gasteiger partial charge < -0.3 is 14.6 Å². The molecule has 0 radical (unpaired) electrons. The first-order valence-electron chi connectivity index (χ1n) is 9.67. The van der Waals surface area contributed by atoms with E-state index in [2.05, 4.69) is 34.1 Å². The summed E-state index contributed by atoms with van der Waals surface area (Å²) in [6.45, 7) is 5.84. The number of hydrogen-bond acceptors (Lipinski definition) is 5. The van der Waals surface area contributed by atoms with Gasteiger partial charge in [0.2, 0.25) is 0 Å². The highest BCUT2D eigenvalue weighted by Crippen LogP contribution is 2.25. The SMILES string of the molecule is COc1ccccc1OCCCN1CCN(Cc2ccccc2)C[C@@H](O)C1. The van der Waals surface area contributed by atoms with Crippen LogP contribution in [-0.2, 0) is 6.54 Å². The third-order valence-corrected chi connectivity index (χ3v) is 4.86. The molecule has 2 aromatic rings. The van der Waals surface area contributed by atoms with Crippen LogP contribution in [0.3, 0.4) is 0 Å². The van der Waals surface area contributed by atoms with Crippen molar-refractivity contribution < 1.29 is 14.6 Å². The molecule has 1 saturated heterocycles. The Bertz CT molecular complexity index is 680. The van der Waals surface area contributed by atoms with Crippen molar-refractivity contribution in [3.63, 3.8) is 0 Å². The van der Waals surface area contributed by atoms with E-state index in [1.807, 2.05) is 30.3 Å². The van der Waals surface area contributed by atoms with Crippen molar-refractivity contribution in [1.29, 1.82) is 0 Å². The molecule has 0 spiro atoms. The number of benzene rings is 2. The van der Waals surface area contributed by atoms with Crippen LogP contribution in [0.25, 0.3) is 0 Å². The molecule has 1 atom stereocenters. The number of aliphatic hydroxyl groups is 1. The highest BCUT2D eigenvalue weighted by molar-refractivity contribution is 5.39. The average molecular weight is 370 g/mol. The quantitative estimate of drug-likeness (QED) is 0.724. The van der Waals surface area contributed by atoms with Crippen LogP contribution >= 0.6 is 0 Å². The molecule has 3 rings (SSSR count). The van der Waals surface area contributed by atoms with Crippen molar-refractivity contribution in [2.24, 2.45) is 0 Å². The third kappa shape index (κ3) is 6.24. The molecule has 0 bridgehead atoms. The number of aliphatic hydroxyl groups excluding tert-OH is 1. The summed E-state index contributed by atoms with van der Waals surface area (Å²) in [5.74, 6) is 1.55. The molecule has 1 aliphatic heterocycles. The molecule has 0 aromatic heterocycles. The van der Waals surface area contributed by atoms with E-state index in [0.717, 1.165) is 57.2 Å². The minimum Gasteiger partial charge on any atom is -0.493 e. The lowest BCUT2D eigenvalue weighted by Gasteiger charge is -2.21. The van der Waals surface area contributed by atoms with Crippen LogP contribution in [0.4, 0.5) is 0 Å².